The van der Waals surface area contributed by atoms with E-state index in [0.29, 0.717) is 25.9 Å². The van der Waals surface area contributed by atoms with Gasteiger partial charge in [-0.3, -0.25) is 0 Å². The minimum Gasteiger partial charge on any atom is -0.445 e. The summed E-state index contributed by atoms with van der Waals surface area (Å²) in [5.74, 6) is 0. The second-order valence-corrected chi connectivity index (χ2v) is 6.46. The minimum absolute atomic E-state index is 0.250. The Morgan fingerprint density at radius 1 is 1.00 bits per heavy atom. The van der Waals surface area contributed by atoms with Crippen LogP contribution in [0, 0.1) is 0 Å². The Bertz CT molecular complexity index is 741. The number of urea groups is 1. The summed E-state index contributed by atoms with van der Waals surface area (Å²) in [4.78, 5) is 25.5. The maximum absolute atomic E-state index is 12.3. The SMILES string of the molecule is NC(=O)NC1(c2ccccc2)CCN(C(=O)OCc2ccccc2)CC1. The van der Waals surface area contributed by atoms with Crippen LogP contribution in [0.1, 0.15) is 24.0 Å². The van der Waals surface area contributed by atoms with Crippen LogP contribution in [0.3, 0.4) is 0 Å². The molecule has 0 bridgehead atoms. The van der Waals surface area contributed by atoms with Crippen molar-refractivity contribution in [2.24, 2.45) is 5.73 Å². The molecule has 26 heavy (non-hydrogen) atoms. The number of hydrogen-bond donors (Lipinski definition) is 2. The molecule has 6 heteroatoms. The normalized spacial score (nSPS) is 15.9. The molecule has 1 fully saturated rings. The second kappa shape index (κ2) is 7.91. The topological polar surface area (TPSA) is 84.7 Å². The quantitative estimate of drug-likeness (QED) is 0.886. The van der Waals surface area contributed by atoms with Crippen LogP contribution in [0.25, 0.3) is 0 Å². The van der Waals surface area contributed by atoms with Crippen molar-refractivity contribution in [2.45, 2.75) is 25.0 Å². The highest BCUT2D eigenvalue weighted by Crippen LogP contribution is 2.33. The number of primary amides is 1. The molecule has 136 valence electrons. The highest BCUT2D eigenvalue weighted by molar-refractivity contribution is 5.73. The molecule has 1 saturated heterocycles. The van der Waals surface area contributed by atoms with Crippen molar-refractivity contribution in [3.63, 3.8) is 0 Å². The van der Waals surface area contributed by atoms with E-state index in [0.717, 1.165) is 11.1 Å². The lowest BCUT2D eigenvalue weighted by Crippen LogP contribution is -2.55. The summed E-state index contributed by atoms with van der Waals surface area (Å²) in [7, 11) is 0. The van der Waals surface area contributed by atoms with E-state index in [2.05, 4.69) is 5.32 Å². The summed E-state index contributed by atoms with van der Waals surface area (Å²) >= 11 is 0. The monoisotopic (exact) mass is 353 g/mol. The number of carbonyl (C=O) groups excluding carboxylic acids is 2. The van der Waals surface area contributed by atoms with Crippen molar-refractivity contribution >= 4 is 12.1 Å². The first kappa shape index (κ1) is 17.8. The van der Waals surface area contributed by atoms with Crippen molar-refractivity contribution < 1.29 is 14.3 Å². The first-order valence-electron chi connectivity index (χ1n) is 8.68. The van der Waals surface area contributed by atoms with Crippen LogP contribution in [0.4, 0.5) is 9.59 Å². The fourth-order valence-corrected chi connectivity index (χ4v) is 3.36. The molecule has 0 atom stereocenters. The zero-order valence-electron chi connectivity index (χ0n) is 14.6. The highest BCUT2D eigenvalue weighted by Gasteiger charge is 2.38. The Balaban J connectivity index is 1.62. The first-order chi connectivity index (χ1) is 12.6. The number of nitrogens with two attached hydrogens (primary N) is 1. The van der Waals surface area contributed by atoms with Crippen LogP contribution in [0.2, 0.25) is 0 Å². The number of piperidine rings is 1. The maximum Gasteiger partial charge on any atom is 0.410 e. The number of amides is 3. The van der Waals surface area contributed by atoms with E-state index >= 15 is 0 Å². The molecule has 0 radical (unpaired) electrons. The molecule has 0 aliphatic carbocycles. The van der Waals surface area contributed by atoms with E-state index in [1.807, 2.05) is 60.7 Å². The van der Waals surface area contributed by atoms with Gasteiger partial charge in [-0.05, 0) is 24.0 Å². The number of rotatable bonds is 4. The zero-order valence-corrected chi connectivity index (χ0v) is 14.6. The van der Waals surface area contributed by atoms with Crippen LogP contribution in [0.15, 0.2) is 60.7 Å². The van der Waals surface area contributed by atoms with Crippen LogP contribution >= 0.6 is 0 Å². The molecule has 3 amide bonds. The van der Waals surface area contributed by atoms with Crippen LogP contribution < -0.4 is 11.1 Å². The number of ether oxygens (including phenoxy) is 1. The van der Waals surface area contributed by atoms with Crippen molar-refractivity contribution in [2.75, 3.05) is 13.1 Å². The third-order valence-electron chi connectivity index (χ3n) is 4.77. The molecule has 0 aromatic heterocycles. The van der Waals surface area contributed by atoms with Gasteiger partial charge in [0.05, 0.1) is 5.54 Å². The largest absolute Gasteiger partial charge is 0.445 e. The number of nitrogens with zero attached hydrogens (tertiary/aromatic N) is 1. The summed E-state index contributed by atoms with van der Waals surface area (Å²) in [6.07, 6.45) is 0.829. The van der Waals surface area contributed by atoms with E-state index in [-0.39, 0.29) is 12.7 Å². The summed E-state index contributed by atoms with van der Waals surface area (Å²) in [6, 6.07) is 18.7. The Labute approximate surface area is 152 Å². The van der Waals surface area contributed by atoms with Crippen LogP contribution in [-0.2, 0) is 16.9 Å². The molecule has 3 N–H and O–H groups in total. The summed E-state index contributed by atoms with van der Waals surface area (Å²) in [5.41, 5.74) is 6.79. The maximum atomic E-state index is 12.3. The number of hydrogen-bond acceptors (Lipinski definition) is 3. The lowest BCUT2D eigenvalue weighted by atomic mass is 9.81. The molecular weight excluding hydrogens is 330 g/mol. The minimum atomic E-state index is -0.561. The van der Waals surface area contributed by atoms with Gasteiger partial charge in [-0.25, -0.2) is 9.59 Å². The molecule has 1 heterocycles. The zero-order chi connectivity index (χ0) is 18.4. The Kier molecular flexibility index (Phi) is 5.41. The van der Waals surface area contributed by atoms with E-state index in [1.54, 1.807) is 4.90 Å². The molecular formula is C20H23N3O3. The fraction of sp³-hybridized carbons (Fsp3) is 0.300. The van der Waals surface area contributed by atoms with E-state index < -0.39 is 11.6 Å². The fourth-order valence-electron chi connectivity index (χ4n) is 3.36. The van der Waals surface area contributed by atoms with Crippen molar-refractivity contribution in [1.82, 2.24) is 10.2 Å². The van der Waals surface area contributed by atoms with E-state index in [4.69, 9.17) is 10.5 Å². The Hall–Kier alpha value is -3.02. The average Bonchev–Trinajstić information content (AvgIpc) is 2.68. The van der Waals surface area contributed by atoms with Gasteiger partial charge in [0.15, 0.2) is 0 Å². The standard InChI is InChI=1S/C20H23N3O3/c21-18(24)22-20(17-9-5-2-6-10-17)11-13-23(14-12-20)19(25)26-15-16-7-3-1-4-8-16/h1-10H,11-15H2,(H3,21,22,24). The summed E-state index contributed by atoms with van der Waals surface area (Å²) in [5, 5.41) is 2.89. The molecule has 1 aliphatic rings. The van der Waals surface area contributed by atoms with Gasteiger partial charge in [-0.1, -0.05) is 60.7 Å². The molecule has 6 nitrogen and oxygen atoms in total. The lowest BCUT2D eigenvalue weighted by Gasteiger charge is -2.42. The van der Waals surface area contributed by atoms with Gasteiger partial charge >= 0.3 is 12.1 Å². The van der Waals surface area contributed by atoms with E-state index in [9.17, 15) is 9.59 Å². The van der Waals surface area contributed by atoms with Gasteiger partial charge in [-0.2, -0.15) is 0 Å². The molecule has 2 aromatic rings. The van der Waals surface area contributed by atoms with Gasteiger partial charge in [0.25, 0.3) is 0 Å². The van der Waals surface area contributed by atoms with Crippen LogP contribution in [0.5, 0.6) is 0 Å². The van der Waals surface area contributed by atoms with E-state index in [1.165, 1.54) is 0 Å². The predicted molar refractivity (Wildman–Crippen MR) is 98.3 cm³/mol. The van der Waals surface area contributed by atoms with Gasteiger partial charge in [-0.15, -0.1) is 0 Å². The number of benzene rings is 2. The van der Waals surface area contributed by atoms with Crippen molar-refractivity contribution in [3.8, 4) is 0 Å². The molecule has 2 aromatic carbocycles. The molecule has 0 spiro atoms. The lowest BCUT2D eigenvalue weighted by molar-refractivity contribution is 0.0737. The third-order valence-corrected chi connectivity index (χ3v) is 4.77. The summed E-state index contributed by atoms with van der Waals surface area (Å²) in [6.45, 7) is 1.23. The van der Waals surface area contributed by atoms with Gasteiger partial charge in [0.2, 0.25) is 0 Å². The van der Waals surface area contributed by atoms with Gasteiger partial charge in [0.1, 0.15) is 6.61 Å². The van der Waals surface area contributed by atoms with Crippen LogP contribution in [-0.4, -0.2) is 30.1 Å². The molecule has 0 unspecified atom stereocenters. The number of likely N-dealkylation sites (tertiary alicyclic amines) is 1. The van der Waals surface area contributed by atoms with Gasteiger partial charge in [0, 0.05) is 13.1 Å². The molecule has 0 saturated carbocycles. The molecule has 1 aliphatic heterocycles. The Morgan fingerprint density at radius 2 is 1.58 bits per heavy atom. The van der Waals surface area contributed by atoms with Gasteiger partial charge < -0.3 is 20.7 Å². The number of nitrogens with one attached hydrogen (secondary N) is 1. The highest BCUT2D eigenvalue weighted by atomic mass is 16.6. The van der Waals surface area contributed by atoms with Crippen molar-refractivity contribution in [3.05, 3.63) is 71.8 Å². The second-order valence-electron chi connectivity index (χ2n) is 6.46. The molecule has 3 rings (SSSR count). The Morgan fingerprint density at radius 3 is 2.15 bits per heavy atom. The average molecular weight is 353 g/mol. The third kappa shape index (κ3) is 4.14. The predicted octanol–water partition coefficient (Wildman–Crippen LogP) is 2.98. The number of carbonyl (C=O) groups is 2. The van der Waals surface area contributed by atoms with Crippen molar-refractivity contribution in [1.29, 1.82) is 0 Å². The summed E-state index contributed by atoms with van der Waals surface area (Å²) < 4.78 is 5.40. The smallest absolute Gasteiger partial charge is 0.410 e. The first-order valence-corrected chi connectivity index (χ1v) is 8.68.